The average Bonchev–Trinajstić information content (AvgIpc) is 2.55. The summed E-state index contributed by atoms with van der Waals surface area (Å²) in [6.07, 6.45) is 4.52. The van der Waals surface area contributed by atoms with Gasteiger partial charge in [0.2, 0.25) is 0 Å². The number of carbonyl (C=O) groups is 1. The first-order valence-corrected chi connectivity index (χ1v) is 4.49. The Bertz CT molecular complexity index is 285. The van der Waals surface area contributed by atoms with Crippen LogP contribution in [0.2, 0.25) is 0 Å². The van der Waals surface area contributed by atoms with Crippen LogP contribution < -0.4 is 0 Å². The van der Waals surface area contributed by atoms with E-state index >= 15 is 0 Å². The first-order valence-electron chi connectivity index (χ1n) is 3.62. The second-order valence-electron chi connectivity index (χ2n) is 2.61. The molecule has 1 atom stereocenters. The van der Waals surface area contributed by atoms with Gasteiger partial charge in [0.15, 0.2) is 5.78 Å². The van der Waals surface area contributed by atoms with Gasteiger partial charge in [0.05, 0.1) is 5.92 Å². The molecular weight excluding hydrogens is 156 g/mol. The molecule has 1 aromatic heterocycles. The smallest absolute Gasteiger partial charge is 0.163 e. The van der Waals surface area contributed by atoms with Gasteiger partial charge in [0.25, 0.3) is 0 Å². The molecule has 1 heterocycles. The molecule has 0 radical (unpaired) electrons. The number of ketones is 1. The second-order valence-corrected chi connectivity index (χ2v) is 3.59. The lowest BCUT2D eigenvalue weighted by Gasteiger charge is -2.02. The van der Waals surface area contributed by atoms with Crippen LogP contribution in [0, 0.1) is 0 Å². The highest BCUT2D eigenvalue weighted by Gasteiger charge is 2.21. The van der Waals surface area contributed by atoms with Crippen molar-refractivity contribution in [2.45, 2.75) is 12.3 Å². The lowest BCUT2D eigenvalue weighted by molar-refractivity contribution is -0.115. The Morgan fingerprint density at radius 1 is 1.55 bits per heavy atom. The second kappa shape index (κ2) is 2.62. The zero-order valence-corrected chi connectivity index (χ0v) is 6.80. The van der Waals surface area contributed by atoms with Crippen molar-refractivity contribution in [1.82, 2.24) is 0 Å². The zero-order chi connectivity index (χ0) is 7.68. The maximum absolute atomic E-state index is 11.2. The molecule has 0 aliphatic heterocycles. The van der Waals surface area contributed by atoms with Crippen LogP contribution in [-0.4, -0.2) is 5.78 Å². The molecule has 0 bridgehead atoms. The van der Waals surface area contributed by atoms with Crippen LogP contribution in [0.4, 0.5) is 0 Å². The summed E-state index contributed by atoms with van der Waals surface area (Å²) < 4.78 is 0. The van der Waals surface area contributed by atoms with Crippen molar-refractivity contribution in [3.63, 3.8) is 0 Å². The molecule has 0 saturated carbocycles. The maximum atomic E-state index is 11.2. The number of hydrogen-bond donors (Lipinski definition) is 0. The molecule has 0 aromatic carbocycles. The Hall–Kier alpha value is -0.890. The van der Waals surface area contributed by atoms with Gasteiger partial charge in [0.1, 0.15) is 0 Å². The van der Waals surface area contributed by atoms with E-state index in [1.54, 1.807) is 17.4 Å². The van der Waals surface area contributed by atoms with Gasteiger partial charge in [-0.2, -0.15) is 0 Å². The molecule has 1 unspecified atom stereocenters. The van der Waals surface area contributed by atoms with Crippen molar-refractivity contribution in [1.29, 1.82) is 0 Å². The van der Waals surface area contributed by atoms with Crippen LogP contribution in [-0.2, 0) is 4.79 Å². The molecule has 2 heteroatoms. The SMILES string of the molecule is O=C1C=CCC1c1cccs1. The maximum Gasteiger partial charge on any atom is 0.163 e. The molecule has 0 fully saturated rings. The molecule has 0 N–H and O–H groups in total. The number of rotatable bonds is 1. The van der Waals surface area contributed by atoms with Gasteiger partial charge in [-0.25, -0.2) is 0 Å². The highest BCUT2D eigenvalue weighted by molar-refractivity contribution is 7.10. The van der Waals surface area contributed by atoms with Crippen molar-refractivity contribution in [2.24, 2.45) is 0 Å². The van der Waals surface area contributed by atoms with Gasteiger partial charge in [0, 0.05) is 4.88 Å². The highest BCUT2D eigenvalue weighted by Crippen LogP contribution is 2.29. The summed E-state index contributed by atoms with van der Waals surface area (Å²) >= 11 is 1.66. The fourth-order valence-electron chi connectivity index (χ4n) is 1.30. The lowest BCUT2D eigenvalue weighted by atomic mass is 10.1. The van der Waals surface area contributed by atoms with E-state index in [-0.39, 0.29) is 11.7 Å². The first-order chi connectivity index (χ1) is 5.38. The van der Waals surface area contributed by atoms with Crippen molar-refractivity contribution < 1.29 is 4.79 Å². The Balaban J connectivity index is 2.26. The van der Waals surface area contributed by atoms with E-state index in [0.29, 0.717) is 0 Å². The molecule has 0 amide bonds. The number of thiophene rings is 1. The van der Waals surface area contributed by atoms with Crippen LogP contribution >= 0.6 is 11.3 Å². The quantitative estimate of drug-likeness (QED) is 0.622. The third kappa shape index (κ3) is 1.14. The summed E-state index contributed by atoms with van der Waals surface area (Å²) in [5, 5.41) is 2.01. The Morgan fingerprint density at radius 2 is 2.45 bits per heavy atom. The summed E-state index contributed by atoms with van der Waals surface area (Å²) in [6.45, 7) is 0. The third-order valence-corrected chi connectivity index (χ3v) is 2.87. The molecule has 11 heavy (non-hydrogen) atoms. The minimum Gasteiger partial charge on any atom is -0.294 e. The van der Waals surface area contributed by atoms with Crippen LogP contribution in [0.1, 0.15) is 17.2 Å². The molecule has 56 valence electrons. The minimum absolute atomic E-state index is 0.134. The predicted octanol–water partition coefficient (Wildman–Crippen LogP) is 2.36. The lowest BCUT2D eigenvalue weighted by Crippen LogP contribution is -2.01. The van der Waals surface area contributed by atoms with Gasteiger partial charge < -0.3 is 0 Å². The third-order valence-electron chi connectivity index (χ3n) is 1.88. The minimum atomic E-state index is 0.134. The van der Waals surface area contributed by atoms with Gasteiger partial charge in [-0.05, 0) is 23.9 Å². The summed E-state index contributed by atoms with van der Waals surface area (Å²) in [5.41, 5.74) is 0. The van der Waals surface area contributed by atoms with Crippen molar-refractivity contribution in [2.75, 3.05) is 0 Å². The Kier molecular flexibility index (Phi) is 1.62. The Morgan fingerprint density at radius 3 is 3.00 bits per heavy atom. The summed E-state index contributed by atoms with van der Waals surface area (Å²) in [4.78, 5) is 12.4. The summed E-state index contributed by atoms with van der Waals surface area (Å²) in [6, 6.07) is 4.02. The van der Waals surface area contributed by atoms with Crippen LogP contribution in [0.15, 0.2) is 29.7 Å². The van der Waals surface area contributed by atoms with Gasteiger partial charge in [-0.3, -0.25) is 4.79 Å². The molecule has 2 rings (SSSR count). The van der Waals surface area contributed by atoms with E-state index < -0.39 is 0 Å². The van der Waals surface area contributed by atoms with Crippen LogP contribution in [0.3, 0.4) is 0 Å². The summed E-state index contributed by atoms with van der Waals surface area (Å²) in [5.74, 6) is 0.391. The van der Waals surface area contributed by atoms with Crippen LogP contribution in [0.25, 0.3) is 0 Å². The normalized spacial score (nSPS) is 22.9. The van der Waals surface area contributed by atoms with Crippen LogP contribution in [0.5, 0.6) is 0 Å². The van der Waals surface area contributed by atoms with Gasteiger partial charge in [-0.15, -0.1) is 11.3 Å². The van der Waals surface area contributed by atoms with E-state index in [4.69, 9.17) is 0 Å². The van der Waals surface area contributed by atoms with E-state index in [9.17, 15) is 4.79 Å². The number of hydrogen-bond acceptors (Lipinski definition) is 2. The predicted molar refractivity (Wildman–Crippen MR) is 45.8 cm³/mol. The van der Waals surface area contributed by atoms with Crippen molar-refractivity contribution in [3.8, 4) is 0 Å². The topological polar surface area (TPSA) is 17.1 Å². The van der Waals surface area contributed by atoms with E-state index in [2.05, 4.69) is 0 Å². The molecule has 0 saturated heterocycles. The molecule has 0 spiro atoms. The molecule has 1 aliphatic carbocycles. The number of carbonyl (C=O) groups excluding carboxylic acids is 1. The Labute approximate surface area is 69.4 Å². The molecular formula is C9H8OS. The monoisotopic (exact) mass is 164 g/mol. The van der Waals surface area contributed by atoms with Crippen molar-refractivity contribution >= 4 is 17.1 Å². The zero-order valence-electron chi connectivity index (χ0n) is 5.99. The highest BCUT2D eigenvalue weighted by atomic mass is 32.1. The molecule has 1 aromatic rings. The van der Waals surface area contributed by atoms with E-state index in [1.165, 1.54) is 4.88 Å². The fourth-order valence-corrected chi connectivity index (χ4v) is 2.15. The molecule has 1 aliphatic rings. The first kappa shape index (κ1) is 6.80. The van der Waals surface area contributed by atoms with E-state index in [1.807, 2.05) is 23.6 Å². The standard InChI is InChI=1S/C9H8OS/c10-8-4-1-3-7(8)9-5-2-6-11-9/h1-2,4-7H,3H2. The van der Waals surface area contributed by atoms with Gasteiger partial charge >= 0.3 is 0 Å². The van der Waals surface area contributed by atoms with Crippen molar-refractivity contribution in [3.05, 3.63) is 34.5 Å². The largest absolute Gasteiger partial charge is 0.294 e. The van der Waals surface area contributed by atoms with Gasteiger partial charge in [-0.1, -0.05) is 12.1 Å². The number of allylic oxidation sites excluding steroid dienone is 2. The molecule has 1 nitrogen and oxygen atoms in total. The van der Waals surface area contributed by atoms with E-state index in [0.717, 1.165) is 6.42 Å². The average molecular weight is 164 g/mol. The fraction of sp³-hybridized carbons (Fsp3) is 0.222. The summed E-state index contributed by atoms with van der Waals surface area (Å²) in [7, 11) is 0.